The SMILES string of the molecule is COc1ccc(/C(O)=C2/C(=O)C(=O)N(C3CCCC3)C2c2ccc(O)c(Cl)c2)cc1Br. The maximum absolute atomic E-state index is 13.1. The zero-order valence-corrected chi connectivity index (χ0v) is 19.1. The van der Waals surface area contributed by atoms with E-state index < -0.39 is 17.7 Å². The van der Waals surface area contributed by atoms with Crippen molar-refractivity contribution in [2.45, 2.75) is 37.8 Å². The van der Waals surface area contributed by atoms with Gasteiger partial charge in [0.05, 0.1) is 28.2 Å². The molecule has 2 aromatic rings. The van der Waals surface area contributed by atoms with Gasteiger partial charge in [-0.3, -0.25) is 9.59 Å². The molecule has 162 valence electrons. The van der Waals surface area contributed by atoms with E-state index in [9.17, 15) is 19.8 Å². The summed E-state index contributed by atoms with van der Waals surface area (Å²) in [6.07, 6.45) is 3.54. The van der Waals surface area contributed by atoms with Crippen LogP contribution in [-0.2, 0) is 9.59 Å². The second-order valence-electron chi connectivity index (χ2n) is 7.70. The Morgan fingerprint density at radius 3 is 2.48 bits per heavy atom. The van der Waals surface area contributed by atoms with Gasteiger partial charge in [0, 0.05) is 11.6 Å². The first-order valence-corrected chi connectivity index (χ1v) is 11.1. The zero-order chi connectivity index (χ0) is 22.3. The molecule has 1 saturated heterocycles. The maximum Gasteiger partial charge on any atom is 0.295 e. The minimum Gasteiger partial charge on any atom is -0.507 e. The number of aliphatic hydroxyl groups is 1. The highest BCUT2D eigenvalue weighted by Crippen LogP contribution is 2.45. The number of benzene rings is 2. The molecule has 1 aliphatic heterocycles. The summed E-state index contributed by atoms with van der Waals surface area (Å²) in [6.45, 7) is 0. The van der Waals surface area contributed by atoms with Crippen molar-refractivity contribution in [1.29, 1.82) is 0 Å². The van der Waals surface area contributed by atoms with Crippen LogP contribution in [0.1, 0.15) is 42.9 Å². The van der Waals surface area contributed by atoms with Crippen molar-refractivity contribution in [3.63, 3.8) is 0 Å². The normalized spacial score (nSPS) is 21.1. The van der Waals surface area contributed by atoms with Crippen LogP contribution in [0, 0.1) is 0 Å². The number of Topliss-reactive ketones (excluding diaryl/α,β-unsaturated/α-hetero) is 1. The number of rotatable bonds is 4. The Balaban J connectivity index is 1.90. The molecule has 0 aromatic heterocycles. The van der Waals surface area contributed by atoms with Crippen LogP contribution in [-0.4, -0.2) is 40.0 Å². The van der Waals surface area contributed by atoms with Gasteiger partial charge in [-0.15, -0.1) is 0 Å². The lowest BCUT2D eigenvalue weighted by atomic mass is 9.94. The predicted octanol–water partition coefficient (Wildman–Crippen LogP) is 5.18. The Bertz CT molecular complexity index is 1090. The number of nitrogens with zero attached hydrogens (tertiary/aromatic N) is 1. The van der Waals surface area contributed by atoms with Gasteiger partial charge in [0.1, 0.15) is 17.3 Å². The monoisotopic (exact) mass is 505 g/mol. The Morgan fingerprint density at radius 2 is 1.87 bits per heavy atom. The maximum atomic E-state index is 13.1. The quantitative estimate of drug-likeness (QED) is 0.339. The average molecular weight is 507 g/mol. The van der Waals surface area contributed by atoms with Gasteiger partial charge in [0.25, 0.3) is 11.7 Å². The molecule has 0 bridgehead atoms. The molecule has 31 heavy (non-hydrogen) atoms. The van der Waals surface area contributed by atoms with Crippen molar-refractivity contribution < 1.29 is 24.5 Å². The Kier molecular flexibility index (Phi) is 5.99. The highest BCUT2D eigenvalue weighted by Gasteiger charge is 2.49. The largest absolute Gasteiger partial charge is 0.507 e. The number of likely N-dealkylation sites (tertiary alicyclic amines) is 1. The summed E-state index contributed by atoms with van der Waals surface area (Å²) in [7, 11) is 1.53. The van der Waals surface area contributed by atoms with Crippen LogP contribution >= 0.6 is 27.5 Å². The molecule has 1 heterocycles. The summed E-state index contributed by atoms with van der Waals surface area (Å²) in [5, 5.41) is 21.1. The number of ketones is 1. The van der Waals surface area contributed by atoms with Gasteiger partial charge >= 0.3 is 0 Å². The lowest BCUT2D eigenvalue weighted by Crippen LogP contribution is -2.37. The minimum absolute atomic E-state index is 0.00993. The number of hydrogen-bond acceptors (Lipinski definition) is 5. The Hall–Kier alpha value is -2.51. The summed E-state index contributed by atoms with van der Waals surface area (Å²) in [5.74, 6) is -1.15. The molecule has 8 heteroatoms. The van der Waals surface area contributed by atoms with Gasteiger partial charge in [-0.25, -0.2) is 0 Å². The highest BCUT2D eigenvalue weighted by atomic mass is 79.9. The molecule has 0 radical (unpaired) electrons. The molecule has 1 aliphatic carbocycles. The Morgan fingerprint density at radius 1 is 1.16 bits per heavy atom. The molecule has 2 aliphatic rings. The third-order valence-electron chi connectivity index (χ3n) is 5.91. The van der Waals surface area contributed by atoms with E-state index in [4.69, 9.17) is 16.3 Å². The summed E-state index contributed by atoms with van der Waals surface area (Å²) in [6, 6.07) is 8.63. The molecule has 1 unspecified atom stereocenters. The van der Waals surface area contributed by atoms with Gasteiger partial charge in [-0.2, -0.15) is 0 Å². The first kappa shape index (κ1) is 21.7. The molecule has 0 spiro atoms. The lowest BCUT2D eigenvalue weighted by Gasteiger charge is -2.31. The van der Waals surface area contributed by atoms with Crippen LogP contribution < -0.4 is 4.74 Å². The number of phenolic OH excluding ortho intramolecular Hbond substituents is 1. The van der Waals surface area contributed by atoms with Crippen LogP contribution in [0.15, 0.2) is 46.4 Å². The van der Waals surface area contributed by atoms with E-state index in [1.54, 1.807) is 29.2 Å². The number of carbonyl (C=O) groups is 2. The first-order valence-electron chi connectivity index (χ1n) is 9.96. The number of halogens is 2. The summed E-state index contributed by atoms with van der Waals surface area (Å²) < 4.78 is 5.84. The fraction of sp³-hybridized carbons (Fsp3) is 0.304. The second-order valence-corrected chi connectivity index (χ2v) is 8.97. The van der Waals surface area contributed by atoms with E-state index in [0.29, 0.717) is 21.3 Å². The number of hydrogen-bond donors (Lipinski definition) is 2. The van der Waals surface area contributed by atoms with E-state index >= 15 is 0 Å². The number of amides is 1. The summed E-state index contributed by atoms with van der Waals surface area (Å²) in [4.78, 5) is 27.7. The number of methoxy groups -OCH3 is 1. The topological polar surface area (TPSA) is 87.1 Å². The fourth-order valence-electron chi connectivity index (χ4n) is 4.40. The third-order valence-corrected chi connectivity index (χ3v) is 6.83. The van der Waals surface area contributed by atoms with Crippen LogP contribution in [0.3, 0.4) is 0 Å². The molecular formula is C23H21BrClNO5. The smallest absolute Gasteiger partial charge is 0.295 e. The number of aliphatic hydroxyl groups excluding tert-OH is 1. The van der Waals surface area contributed by atoms with Crippen LogP contribution in [0.4, 0.5) is 0 Å². The van der Waals surface area contributed by atoms with Crippen molar-refractivity contribution in [3.8, 4) is 11.5 Å². The third kappa shape index (κ3) is 3.81. The molecule has 1 amide bonds. The Labute approximate surface area is 193 Å². The first-order chi connectivity index (χ1) is 14.8. The van der Waals surface area contributed by atoms with Gasteiger partial charge < -0.3 is 19.8 Å². The summed E-state index contributed by atoms with van der Waals surface area (Å²) >= 11 is 9.52. The molecule has 1 saturated carbocycles. The van der Waals surface area contributed by atoms with Crippen molar-refractivity contribution in [3.05, 3.63) is 62.6 Å². The molecule has 4 rings (SSSR count). The predicted molar refractivity (Wildman–Crippen MR) is 120 cm³/mol. The van der Waals surface area contributed by atoms with E-state index in [-0.39, 0.29) is 28.1 Å². The van der Waals surface area contributed by atoms with E-state index in [2.05, 4.69) is 15.9 Å². The second kappa shape index (κ2) is 8.55. The molecule has 2 fully saturated rings. The fourth-order valence-corrected chi connectivity index (χ4v) is 5.13. The van der Waals surface area contributed by atoms with E-state index in [1.165, 1.54) is 19.2 Å². The van der Waals surface area contributed by atoms with Gasteiger partial charge in [0.15, 0.2) is 0 Å². The lowest BCUT2D eigenvalue weighted by molar-refractivity contribution is -0.141. The number of ether oxygens (including phenoxy) is 1. The zero-order valence-electron chi connectivity index (χ0n) is 16.8. The highest BCUT2D eigenvalue weighted by molar-refractivity contribution is 9.10. The van der Waals surface area contributed by atoms with Crippen molar-refractivity contribution in [2.75, 3.05) is 7.11 Å². The molecular weight excluding hydrogens is 486 g/mol. The average Bonchev–Trinajstić information content (AvgIpc) is 3.36. The van der Waals surface area contributed by atoms with Crippen molar-refractivity contribution >= 4 is 45.0 Å². The standard InChI is InChI=1S/C23H21BrClNO5/c1-31-18-9-7-13(10-15(18)24)21(28)19-20(12-6-8-17(27)16(25)11-12)26(23(30)22(19)29)14-4-2-3-5-14/h6-11,14,20,27-28H,2-5H2,1H3/b21-19-. The molecule has 6 nitrogen and oxygen atoms in total. The van der Waals surface area contributed by atoms with Crippen LogP contribution in [0.25, 0.3) is 5.76 Å². The van der Waals surface area contributed by atoms with E-state index in [0.717, 1.165) is 25.7 Å². The van der Waals surface area contributed by atoms with E-state index in [1.807, 2.05) is 0 Å². The van der Waals surface area contributed by atoms with Gasteiger partial charge in [-0.1, -0.05) is 30.5 Å². The van der Waals surface area contributed by atoms with Crippen molar-refractivity contribution in [1.82, 2.24) is 4.90 Å². The molecule has 2 N–H and O–H groups in total. The van der Waals surface area contributed by atoms with Crippen LogP contribution in [0.5, 0.6) is 11.5 Å². The molecule has 2 aromatic carbocycles. The van der Waals surface area contributed by atoms with Gasteiger partial charge in [-0.05, 0) is 64.7 Å². The number of aromatic hydroxyl groups is 1. The van der Waals surface area contributed by atoms with Crippen LogP contribution in [0.2, 0.25) is 5.02 Å². The number of phenols is 1. The summed E-state index contributed by atoms with van der Waals surface area (Å²) in [5.41, 5.74) is 0.950. The van der Waals surface area contributed by atoms with Crippen molar-refractivity contribution in [2.24, 2.45) is 0 Å². The number of carbonyl (C=O) groups excluding carboxylic acids is 2. The minimum atomic E-state index is -0.790. The van der Waals surface area contributed by atoms with Gasteiger partial charge in [0.2, 0.25) is 0 Å². The molecule has 1 atom stereocenters.